The molecule has 0 aromatic carbocycles. The summed E-state index contributed by atoms with van der Waals surface area (Å²) in [6.45, 7) is 0. The summed E-state index contributed by atoms with van der Waals surface area (Å²) in [5.41, 5.74) is 0. The molecule has 0 aromatic heterocycles. The van der Waals surface area contributed by atoms with E-state index in [9.17, 15) is 0 Å². The van der Waals surface area contributed by atoms with Gasteiger partial charge in [-0.3, -0.25) is 0 Å². The van der Waals surface area contributed by atoms with Crippen LogP contribution in [0.4, 0.5) is 0 Å². The van der Waals surface area contributed by atoms with E-state index >= 15 is 0 Å². The van der Waals surface area contributed by atoms with Crippen molar-refractivity contribution in [3.8, 4) is 0 Å². The first kappa shape index (κ1) is 19.1. The van der Waals surface area contributed by atoms with Gasteiger partial charge in [0, 0.05) is 38.0 Å². The van der Waals surface area contributed by atoms with Gasteiger partial charge in [-0.15, -0.1) is 0 Å². The Balaban J connectivity index is 3.19. The first-order chi connectivity index (χ1) is 9.28. The minimum Gasteiger partial charge on any atom is -0.356 e. The lowest BCUT2D eigenvalue weighted by molar-refractivity contribution is -0.107. The van der Waals surface area contributed by atoms with Gasteiger partial charge in [0.25, 0.3) is 0 Å². The molecule has 0 bridgehead atoms. The molecule has 0 fully saturated rings. The number of rotatable bonds is 14. The van der Waals surface area contributed by atoms with Gasteiger partial charge < -0.3 is 18.9 Å². The van der Waals surface area contributed by atoms with Crippen LogP contribution in [0.15, 0.2) is 0 Å². The molecule has 0 N–H and O–H groups in total. The fraction of sp³-hybridized carbons (Fsp3) is 1.00. The van der Waals surface area contributed by atoms with E-state index in [4.69, 9.17) is 18.9 Å². The maximum Gasteiger partial charge on any atom is 0.156 e. The SMILES string of the molecule is COC(CCCC[SiH2]CCCCC(OC)OC)OC. The van der Waals surface area contributed by atoms with Gasteiger partial charge in [-0.05, 0) is 25.7 Å². The number of hydrogen-bond donors (Lipinski definition) is 0. The van der Waals surface area contributed by atoms with E-state index in [1.807, 2.05) is 0 Å². The van der Waals surface area contributed by atoms with E-state index in [2.05, 4.69) is 0 Å². The molecule has 116 valence electrons. The van der Waals surface area contributed by atoms with Gasteiger partial charge in [0.15, 0.2) is 12.6 Å². The maximum atomic E-state index is 5.17. The molecule has 0 atom stereocenters. The van der Waals surface area contributed by atoms with Crippen LogP contribution in [-0.4, -0.2) is 50.5 Å². The Hall–Kier alpha value is 0.0569. The molecule has 0 radical (unpaired) electrons. The highest BCUT2D eigenvalue weighted by atomic mass is 28.2. The molecule has 0 aliphatic heterocycles. The zero-order valence-corrected chi connectivity index (χ0v) is 14.6. The highest BCUT2D eigenvalue weighted by molar-refractivity contribution is 6.35. The minimum atomic E-state index is -0.0123. The molecule has 4 nitrogen and oxygen atoms in total. The van der Waals surface area contributed by atoms with Crippen molar-refractivity contribution >= 4 is 9.52 Å². The van der Waals surface area contributed by atoms with Crippen LogP contribution in [-0.2, 0) is 18.9 Å². The summed E-state index contributed by atoms with van der Waals surface area (Å²) in [6, 6.07) is 2.89. The molecule has 0 spiro atoms. The van der Waals surface area contributed by atoms with Crippen LogP contribution in [0.25, 0.3) is 0 Å². The van der Waals surface area contributed by atoms with Gasteiger partial charge in [0.1, 0.15) is 0 Å². The molecule has 0 aromatic rings. The van der Waals surface area contributed by atoms with E-state index in [0.29, 0.717) is 0 Å². The van der Waals surface area contributed by atoms with Crippen molar-refractivity contribution in [2.45, 2.75) is 63.2 Å². The predicted molar refractivity (Wildman–Crippen MR) is 81.5 cm³/mol. The van der Waals surface area contributed by atoms with Crippen molar-refractivity contribution in [1.82, 2.24) is 0 Å². The van der Waals surface area contributed by atoms with Crippen LogP contribution in [0.2, 0.25) is 12.1 Å². The highest BCUT2D eigenvalue weighted by Crippen LogP contribution is 2.10. The number of methoxy groups -OCH3 is 4. The predicted octanol–water partition coefficient (Wildman–Crippen LogP) is 2.57. The average Bonchev–Trinajstić information content (AvgIpc) is 2.45. The van der Waals surface area contributed by atoms with Crippen LogP contribution < -0.4 is 0 Å². The lowest BCUT2D eigenvalue weighted by Crippen LogP contribution is -2.12. The van der Waals surface area contributed by atoms with E-state index in [1.54, 1.807) is 28.4 Å². The Morgan fingerprint density at radius 1 is 0.632 bits per heavy atom. The van der Waals surface area contributed by atoms with Gasteiger partial charge in [-0.2, -0.15) is 0 Å². The van der Waals surface area contributed by atoms with E-state index in [-0.39, 0.29) is 22.1 Å². The zero-order chi connectivity index (χ0) is 14.3. The molecular formula is C14H32O4Si. The lowest BCUT2D eigenvalue weighted by atomic mass is 10.2. The van der Waals surface area contributed by atoms with Crippen molar-refractivity contribution in [2.75, 3.05) is 28.4 Å². The Kier molecular flexibility index (Phi) is 14.5. The van der Waals surface area contributed by atoms with Crippen molar-refractivity contribution in [3.05, 3.63) is 0 Å². The van der Waals surface area contributed by atoms with Gasteiger partial charge in [-0.1, -0.05) is 24.9 Å². The third-order valence-electron chi connectivity index (χ3n) is 3.43. The monoisotopic (exact) mass is 292 g/mol. The van der Waals surface area contributed by atoms with Crippen molar-refractivity contribution < 1.29 is 18.9 Å². The summed E-state index contributed by atoms with van der Waals surface area (Å²) in [5, 5.41) is 0. The topological polar surface area (TPSA) is 36.9 Å². The van der Waals surface area contributed by atoms with Gasteiger partial charge in [-0.25, -0.2) is 0 Å². The first-order valence-electron chi connectivity index (χ1n) is 7.39. The maximum absolute atomic E-state index is 5.17. The first-order valence-corrected chi connectivity index (χ1v) is 9.39. The van der Waals surface area contributed by atoms with Gasteiger partial charge in [0.05, 0.1) is 0 Å². The fourth-order valence-electron chi connectivity index (χ4n) is 2.17. The summed E-state index contributed by atoms with van der Waals surface area (Å²) < 4.78 is 20.7. The molecule has 0 saturated carbocycles. The van der Waals surface area contributed by atoms with Gasteiger partial charge in [0.2, 0.25) is 0 Å². The zero-order valence-electron chi connectivity index (χ0n) is 13.2. The lowest BCUT2D eigenvalue weighted by Gasteiger charge is -2.13. The van der Waals surface area contributed by atoms with E-state index in [0.717, 1.165) is 12.8 Å². The second-order valence-electron chi connectivity index (χ2n) is 4.85. The van der Waals surface area contributed by atoms with Gasteiger partial charge >= 0.3 is 0 Å². The summed E-state index contributed by atoms with van der Waals surface area (Å²) >= 11 is 0. The number of ether oxygens (including phenoxy) is 4. The number of hydrogen-bond acceptors (Lipinski definition) is 4. The normalized spacial score (nSPS) is 11.7. The molecular weight excluding hydrogens is 260 g/mol. The molecule has 0 amide bonds. The van der Waals surface area contributed by atoms with Crippen LogP contribution in [0.3, 0.4) is 0 Å². The van der Waals surface area contributed by atoms with Crippen molar-refractivity contribution in [2.24, 2.45) is 0 Å². The Morgan fingerprint density at radius 2 is 1.00 bits per heavy atom. The third-order valence-corrected chi connectivity index (χ3v) is 5.43. The van der Waals surface area contributed by atoms with Crippen LogP contribution >= 0.6 is 0 Å². The summed E-state index contributed by atoms with van der Waals surface area (Å²) in [5.74, 6) is 0. The van der Waals surface area contributed by atoms with Crippen LogP contribution in [0, 0.1) is 0 Å². The number of unbranched alkanes of at least 4 members (excludes halogenated alkanes) is 2. The van der Waals surface area contributed by atoms with E-state index in [1.165, 1.54) is 37.8 Å². The molecule has 19 heavy (non-hydrogen) atoms. The van der Waals surface area contributed by atoms with Crippen molar-refractivity contribution in [3.63, 3.8) is 0 Å². The molecule has 5 heteroatoms. The Morgan fingerprint density at radius 3 is 1.32 bits per heavy atom. The summed E-state index contributed by atoms with van der Waals surface area (Å²) in [7, 11) is 6.95. The van der Waals surface area contributed by atoms with E-state index < -0.39 is 0 Å². The Bertz CT molecular complexity index is 155. The summed E-state index contributed by atoms with van der Waals surface area (Å²) in [4.78, 5) is 0. The summed E-state index contributed by atoms with van der Waals surface area (Å²) in [6.07, 6.45) is 7.10. The van der Waals surface area contributed by atoms with Crippen molar-refractivity contribution in [1.29, 1.82) is 0 Å². The average molecular weight is 292 g/mol. The molecule has 0 aliphatic rings. The quantitative estimate of drug-likeness (QED) is 0.280. The smallest absolute Gasteiger partial charge is 0.156 e. The fourth-order valence-corrected chi connectivity index (χ4v) is 3.94. The standard InChI is InChI=1S/C14H32O4Si/c1-15-13(16-2)9-5-7-11-19-12-8-6-10-14(17-3)18-4/h13-14H,5-12,19H2,1-4H3. The molecule has 0 unspecified atom stereocenters. The van der Waals surface area contributed by atoms with Crippen LogP contribution in [0.1, 0.15) is 38.5 Å². The minimum absolute atomic E-state index is 0.0123. The second kappa shape index (κ2) is 14.5. The third kappa shape index (κ3) is 11.6. The second-order valence-corrected chi connectivity index (χ2v) is 6.98. The molecule has 0 saturated heterocycles. The largest absolute Gasteiger partial charge is 0.356 e. The Labute approximate surface area is 121 Å². The molecule has 0 rings (SSSR count). The highest BCUT2D eigenvalue weighted by Gasteiger charge is 2.05. The molecule has 0 heterocycles. The molecule has 0 aliphatic carbocycles. The van der Waals surface area contributed by atoms with Crippen LogP contribution in [0.5, 0.6) is 0 Å².